The summed E-state index contributed by atoms with van der Waals surface area (Å²) in [7, 11) is -3.71. The molecule has 2 aliphatic heterocycles. The van der Waals surface area contributed by atoms with Gasteiger partial charge in [-0.15, -0.1) is 0 Å². The van der Waals surface area contributed by atoms with Crippen LogP contribution in [0, 0.1) is 0 Å². The number of para-hydroxylation sites is 2. The summed E-state index contributed by atoms with van der Waals surface area (Å²) < 4.78 is 41.6. The standard InChI is InChI=1S/C31H31N3O5S/c1-2-34-30-13-12-25(40(36,37)33-15-17-38-18-16-33)21-27(30)28(31(34)35)20-23-22-32(29-11-7-6-10-26(23)29)14-19-39-24-8-4-3-5-9-24/h3-13,20-22H,2,14-19H2,1H3. The first-order chi connectivity index (χ1) is 19.5. The monoisotopic (exact) mass is 557 g/mol. The van der Waals surface area contributed by atoms with Crippen LogP contribution in [0.4, 0.5) is 5.69 Å². The van der Waals surface area contributed by atoms with Crippen LogP contribution in [0.3, 0.4) is 0 Å². The van der Waals surface area contributed by atoms with Gasteiger partial charge in [0, 0.05) is 53.4 Å². The molecule has 206 valence electrons. The smallest absolute Gasteiger partial charge is 0.258 e. The van der Waals surface area contributed by atoms with Crippen LogP contribution in [0.1, 0.15) is 18.1 Å². The van der Waals surface area contributed by atoms with Gasteiger partial charge in [0.15, 0.2) is 0 Å². The minimum atomic E-state index is -3.71. The number of carbonyl (C=O) groups is 1. The second-order valence-corrected chi connectivity index (χ2v) is 11.7. The van der Waals surface area contributed by atoms with Crippen molar-refractivity contribution in [2.75, 3.05) is 44.4 Å². The van der Waals surface area contributed by atoms with Crippen molar-refractivity contribution >= 4 is 44.2 Å². The molecule has 1 fully saturated rings. The lowest BCUT2D eigenvalue weighted by Crippen LogP contribution is -2.40. The number of benzene rings is 3. The summed E-state index contributed by atoms with van der Waals surface area (Å²) in [6, 6.07) is 22.7. The lowest BCUT2D eigenvalue weighted by atomic mass is 10.0. The van der Waals surface area contributed by atoms with Crippen LogP contribution < -0.4 is 9.64 Å². The van der Waals surface area contributed by atoms with Crippen molar-refractivity contribution in [1.29, 1.82) is 0 Å². The SMILES string of the molecule is CCN1C(=O)C(=Cc2cn(CCOc3ccccc3)c3ccccc23)c2cc(S(=O)(=O)N3CCOCC3)ccc21. The number of hydrogen-bond donors (Lipinski definition) is 0. The molecule has 1 saturated heterocycles. The van der Waals surface area contributed by atoms with Crippen LogP contribution in [0.5, 0.6) is 5.75 Å². The number of ether oxygens (including phenoxy) is 2. The van der Waals surface area contributed by atoms with Gasteiger partial charge in [0.2, 0.25) is 10.0 Å². The lowest BCUT2D eigenvalue weighted by Gasteiger charge is -2.26. The number of morpholine rings is 1. The number of nitrogens with zero attached hydrogens (tertiary/aromatic N) is 3. The average Bonchev–Trinajstić information content (AvgIpc) is 3.47. The van der Waals surface area contributed by atoms with Gasteiger partial charge in [-0.05, 0) is 49.4 Å². The van der Waals surface area contributed by atoms with Crippen LogP contribution in [-0.2, 0) is 26.1 Å². The molecule has 0 bridgehead atoms. The highest BCUT2D eigenvalue weighted by Gasteiger charge is 2.34. The topological polar surface area (TPSA) is 81.1 Å². The van der Waals surface area contributed by atoms with Crippen molar-refractivity contribution in [1.82, 2.24) is 8.87 Å². The summed E-state index contributed by atoms with van der Waals surface area (Å²) in [6.07, 6.45) is 3.92. The summed E-state index contributed by atoms with van der Waals surface area (Å²) in [4.78, 5) is 15.5. The third kappa shape index (κ3) is 4.81. The van der Waals surface area contributed by atoms with Gasteiger partial charge in [0.1, 0.15) is 12.4 Å². The van der Waals surface area contributed by atoms with Crippen molar-refractivity contribution in [3.05, 3.63) is 90.1 Å². The number of hydrogen-bond acceptors (Lipinski definition) is 5. The Balaban J connectivity index is 1.37. The molecule has 6 rings (SSSR count). The van der Waals surface area contributed by atoms with E-state index in [0.29, 0.717) is 57.1 Å². The summed E-state index contributed by atoms with van der Waals surface area (Å²) in [5.74, 6) is 0.680. The second-order valence-electron chi connectivity index (χ2n) is 9.76. The molecular formula is C31H31N3O5S. The molecule has 1 amide bonds. The zero-order valence-corrected chi connectivity index (χ0v) is 23.1. The van der Waals surface area contributed by atoms with E-state index in [2.05, 4.69) is 10.6 Å². The number of anilines is 1. The predicted molar refractivity (Wildman–Crippen MR) is 156 cm³/mol. The Bertz CT molecular complexity index is 1690. The number of carbonyl (C=O) groups excluding carboxylic acids is 1. The maximum absolute atomic E-state index is 13.6. The van der Waals surface area contributed by atoms with Crippen LogP contribution in [0.25, 0.3) is 22.6 Å². The fourth-order valence-corrected chi connectivity index (χ4v) is 6.83. The predicted octanol–water partition coefficient (Wildman–Crippen LogP) is 4.65. The van der Waals surface area contributed by atoms with Gasteiger partial charge in [0.05, 0.1) is 30.3 Å². The molecule has 0 spiro atoms. The normalized spacial score (nSPS) is 17.1. The fourth-order valence-electron chi connectivity index (χ4n) is 5.40. The third-order valence-corrected chi connectivity index (χ3v) is 9.31. The van der Waals surface area contributed by atoms with Gasteiger partial charge in [-0.25, -0.2) is 8.42 Å². The van der Waals surface area contributed by atoms with Gasteiger partial charge in [-0.1, -0.05) is 36.4 Å². The first kappa shape index (κ1) is 26.3. The van der Waals surface area contributed by atoms with Crippen LogP contribution in [-0.4, -0.2) is 62.7 Å². The largest absolute Gasteiger partial charge is 0.492 e. The molecule has 9 heteroatoms. The Morgan fingerprint density at radius 1 is 0.975 bits per heavy atom. The molecule has 8 nitrogen and oxygen atoms in total. The molecule has 0 radical (unpaired) electrons. The second kappa shape index (κ2) is 10.9. The van der Waals surface area contributed by atoms with E-state index in [1.807, 2.05) is 67.7 Å². The van der Waals surface area contributed by atoms with E-state index in [1.54, 1.807) is 23.1 Å². The Hall–Kier alpha value is -3.92. The van der Waals surface area contributed by atoms with Crippen LogP contribution >= 0.6 is 0 Å². The summed E-state index contributed by atoms with van der Waals surface area (Å²) in [5.41, 5.74) is 3.76. The highest BCUT2D eigenvalue weighted by molar-refractivity contribution is 7.89. The molecule has 40 heavy (non-hydrogen) atoms. The summed E-state index contributed by atoms with van der Waals surface area (Å²) >= 11 is 0. The highest BCUT2D eigenvalue weighted by Crippen LogP contribution is 2.40. The zero-order valence-electron chi connectivity index (χ0n) is 22.3. The van der Waals surface area contributed by atoms with Crippen molar-refractivity contribution in [3.63, 3.8) is 0 Å². The molecule has 0 saturated carbocycles. The Kier molecular flexibility index (Phi) is 7.18. The molecule has 0 aliphatic carbocycles. The molecule has 4 aromatic rings. The molecule has 0 N–H and O–H groups in total. The highest BCUT2D eigenvalue weighted by atomic mass is 32.2. The van der Waals surface area contributed by atoms with E-state index in [1.165, 1.54) is 4.31 Å². The zero-order chi connectivity index (χ0) is 27.7. The first-order valence-electron chi connectivity index (χ1n) is 13.5. The lowest BCUT2D eigenvalue weighted by molar-refractivity contribution is -0.112. The number of amides is 1. The van der Waals surface area contributed by atoms with E-state index in [-0.39, 0.29) is 10.8 Å². The summed E-state index contributed by atoms with van der Waals surface area (Å²) in [5, 5.41) is 1.01. The summed E-state index contributed by atoms with van der Waals surface area (Å²) in [6.45, 7) is 4.90. The average molecular weight is 558 g/mol. The Morgan fingerprint density at radius 3 is 2.50 bits per heavy atom. The molecular weight excluding hydrogens is 526 g/mol. The van der Waals surface area contributed by atoms with E-state index in [0.717, 1.165) is 27.9 Å². The first-order valence-corrected chi connectivity index (χ1v) is 14.9. The fraction of sp³-hybridized carbons (Fsp3) is 0.258. The van der Waals surface area contributed by atoms with Gasteiger partial charge < -0.3 is 18.9 Å². The van der Waals surface area contributed by atoms with E-state index >= 15 is 0 Å². The number of sulfonamides is 1. The minimum Gasteiger partial charge on any atom is -0.492 e. The number of likely N-dealkylation sites (N-methyl/N-ethyl adjacent to an activating group) is 1. The molecule has 0 atom stereocenters. The van der Waals surface area contributed by atoms with Crippen molar-refractivity contribution in [2.24, 2.45) is 0 Å². The van der Waals surface area contributed by atoms with Crippen molar-refractivity contribution in [2.45, 2.75) is 18.4 Å². The van der Waals surface area contributed by atoms with Gasteiger partial charge in [0.25, 0.3) is 5.91 Å². The number of rotatable bonds is 8. The minimum absolute atomic E-state index is 0.136. The van der Waals surface area contributed by atoms with Crippen LogP contribution in [0.2, 0.25) is 0 Å². The molecule has 0 unspecified atom stereocenters. The quantitative estimate of drug-likeness (QED) is 0.295. The van der Waals surface area contributed by atoms with E-state index in [9.17, 15) is 13.2 Å². The maximum Gasteiger partial charge on any atom is 0.258 e. The maximum atomic E-state index is 13.6. The van der Waals surface area contributed by atoms with E-state index in [4.69, 9.17) is 9.47 Å². The molecule has 3 heterocycles. The van der Waals surface area contributed by atoms with Crippen LogP contribution in [0.15, 0.2) is 83.9 Å². The number of fused-ring (bicyclic) bond motifs is 2. The Morgan fingerprint density at radius 2 is 1.73 bits per heavy atom. The van der Waals surface area contributed by atoms with Gasteiger partial charge in [-0.2, -0.15) is 4.31 Å². The molecule has 1 aromatic heterocycles. The number of aromatic nitrogens is 1. The van der Waals surface area contributed by atoms with Crippen molar-refractivity contribution < 1.29 is 22.7 Å². The van der Waals surface area contributed by atoms with Gasteiger partial charge in [-0.3, -0.25) is 4.79 Å². The Labute approximate surface area is 234 Å². The third-order valence-electron chi connectivity index (χ3n) is 7.41. The van der Waals surface area contributed by atoms with Gasteiger partial charge >= 0.3 is 0 Å². The van der Waals surface area contributed by atoms with E-state index < -0.39 is 10.0 Å². The molecule has 3 aromatic carbocycles. The molecule has 2 aliphatic rings. The van der Waals surface area contributed by atoms with Crippen molar-refractivity contribution in [3.8, 4) is 5.75 Å².